The standard InChI is InChI=1S/C13H21NO3.ClH/c1-13(2,3)12(14)7-10(16)8-4-5-9(15)11(17)6-8;/h4-6,10,12,15-17H,7,14H2,1-3H3;1H/t10-,12-;/m1./s1. The number of rotatable bonds is 3. The number of hydrogen-bond donors (Lipinski definition) is 4. The molecule has 0 amide bonds. The van der Waals surface area contributed by atoms with Gasteiger partial charge in [0.25, 0.3) is 0 Å². The van der Waals surface area contributed by atoms with Crippen LogP contribution in [-0.4, -0.2) is 21.4 Å². The van der Waals surface area contributed by atoms with Crippen LogP contribution in [-0.2, 0) is 0 Å². The minimum Gasteiger partial charge on any atom is -0.504 e. The van der Waals surface area contributed by atoms with E-state index in [1.54, 1.807) is 6.07 Å². The molecule has 0 saturated heterocycles. The van der Waals surface area contributed by atoms with E-state index in [1.165, 1.54) is 12.1 Å². The Kier molecular flexibility index (Phi) is 5.93. The van der Waals surface area contributed by atoms with Crippen LogP contribution in [0.2, 0.25) is 0 Å². The summed E-state index contributed by atoms with van der Waals surface area (Å²) in [6, 6.07) is 4.15. The second kappa shape index (κ2) is 6.27. The predicted molar refractivity (Wildman–Crippen MR) is 74.0 cm³/mol. The summed E-state index contributed by atoms with van der Waals surface area (Å²) < 4.78 is 0. The summed E-state index contributed by atoms with van der Waals surface area (Å²) in [5.41, 5.74) is 6.46. The van der Waals surface area contributed by atoms with Crippen LogP contribution in [0.1, 0.15) is 38.9 Å². The largest absolute Gasteiger partial charge is 0.504 e. The average molecular weight is 276 g/mol. The summed E-state index contributed by atoms with van der Waals surface area (Å²) in [6.45, 7) is 6.04. The van der Waals surface area contributed by atoms with Gasteiger partial charge in [-0.25, -0.2) is 0 Å². The zero-order valence-corrected chi connectivity index (χ0v) is 11.7. The lowest BCUT2D eigenvalue weighted by Crippen LogP contribution is -2.36. The normalized spacial score (nSPS) is 14.7. The summed E-state index contributed by atoms with van der Waals surface area (Å²) in [5.74, 6) is -0.424. The first-order valence-electron chi connectivity index (χ1n) is 5.67. The van der Waals surface area contributed by atoms with Gasteiger partial charge in [0.2, 0.25) is 0 Å². The molecule has 104 valence electrons. The molecule has 0 aromatic heterocycles. The van der Waals surface area contributed by atoms with E-state index in [-0.39, 0.29) is 35.4 Å². The molecular weight excluding hydrogens is 254 g/mol. The lowest BCUT2D eigenvalue weighted by Gasteiger charge is -2.29. The van der Waals surface area contributed by atoms with E-state index in [4.69, 9.17) is 5.73 Å². The number of phenols is 2. The SMILES string of the molecule is CC(C)(C)[C@H](N)C[C@@H](O)c1ccc(O)c(O)c1.Cl. The third kappa shape index (κ3) is 4.37. The number of aliphatic hydroxyl groups is 1. The lowest BCUT2D eigenvalue weighted by molar-refractivity contribution is 0.133. The van der Waals surface area contributed by atoms with Crippen LogP contribution in [0.15, 0.2) is 18.2 Å². The van der Waals surface area contributed by atoms with Crippen LogP contribution in [0.5, 0.6) is 11.5 Å². The third-order valence-electron chi connectivity index (χ3n) is 2.97. The Bertz CT molecular complexity index is 390. The number of nitrogens with two attached hydrogens (primary N) is 1. The fourth-order valence-electron chi connectivity index (χ4n) is 1.48. The van der Waals surface area contributed by atoms with Crippen molar-refractivity contribution < 1.29 is 15.3 Å². The van der Waals surface area contributed by atoms with Crippen molar-refractivity contribution in [3.05, 3.63) is 23.8 Å². The molecule has 2 atom stereocenters. The molecule has 1 rings (SSSR count). The number of benzene rings is 1. The minimum atomic E-state index is -0.740. The van der Waals surface area contributed by atoms with Crippen LogP contribution in [0.4, 0.5) is 0 Å². The highest BCUT2D eigenvalue weighted by Gasteiger charge is 2.24. The summed E-state index contributed by atoms with van der Waals surface area (Å²) in [4.78, 5) is 0. The Morgan fingerprint density at radius 3 is 2.17 bits per heavy atom. The van der Waals surface area contributed by atoms with Crippen LogP contribution in [0.3, 0.4) is 0 Å². The van der Waals surface area contributed by atoms with Gasteiger partial charge in [-0.15, -0.1) is 12.4 Å². The van der Waals surface area contributed by atoms with Crippen molar-refractivity contribution in [1.82, 2.24) is 0 Å². The maximum absolute atomic E-state index is 10.00. The van der Waals surface area contributed by atoms with Gasteiger partial charge >= 0.3 is 0 Å². The van der Waals surface area contributed by atoms with E-state index in [2.05, 4.69) is 0 Å². The van der Waals surface area contributed by atoms with Crippen LogP contribution in [0.25, 0.3) is 0 Å². The Morgan fingerprint density at radius 1 is 1.17 bits per heavy atom. The maximum atomic E-state index is 10.00. The molecule has 5 N–H and O–H groups in total. The molecule has 1 aromatic carbocycles. The van der Waals surface area contributed by atoms with Gasteiger partial charge < -0.3 is 21.1 Å². The van der Waals surface area contributed by atoms with E-state index in [1.807, 2.05) is 20.8 Å². The highest BCUT2D eigenvalue weighted by Crippen LogP contribution is 2.31. The summed E-state index contributed by atoms with van der Waals surface area (Å²) >= 11 is 0. The van der Waals surface area contributed by atoms with Crippen molar-refractivity contribution in [1.29, 1.82) is 0 Å². The van der Waals surface area contributed by atoms with Crippen LogP contribution < -0.4 is 5.73 Å². The lowest BCUT2D eigenvalue weighted by atomic mass is 9.83. The number of aliphatic hydroxyl groups excluding tert-OH is 1. The number of hydrogen-bond acceptors (Lipinski definition) is 4. The third-order valence-corrected chi connectivity index (χ3v) is 2.97. The van der Waals surface area contributed by atoms with Crippen molar-refractivity contribution >= 4 is 12.4 Å². The molecule has 0 heterocycles. The van der Waals surface area contributed by atoms with Gasteiger partial charge in [0, 0.05) is 6.04 Å². The van der Waals surface area contributed by atoms with Crippen molar-refractivity contribution in [3.8, 4) is 11.5 Å². The number of aromatic hydroxyl groups is 2. The van der Waals surface area contributed by atoms with E-state index >= 15 is 0 Å². The fourth-order valence-corrected chi connectivity index (χ4v) is 1.48. The molecule has 18 heavy (non-hydrogen) atoms. The molecule has 0 aliphatic heterocycles. The maximum Gasteiger partial charge on any atom is 0.157 e. The Labute approximate surface area is 114 Å². The van der Waals surface area contributed by atoms with Gasteiger partial charge in [-0.1, -0.05) is 26.8 Å². The zero-order valence-electron chi connectivity index (χ0n) is 10.9. The first-order chi connectivity index (χ1) is 7.71. The van der Waals surface area contributed by atoms with Gasteiger partial charge in [-0.2, -0.15) is 0 Å². The molecule has 5 heteroatoms. The Hall–Kier alpha value is -0.970. The predicted octanol–water partition coefficient (Wildman–Crippen LogP) is 2.32. The molecule has 0 unspecified atom stereocenters. The van der Waals surface area contributed by atoms with Crippen molar-refractivity contribution in [2.45, 2.75) is 39.3 Å². The Morgan fingerprint density at radius 2 is 1.72 bits per heavy atom. The molecule has 0 fully saturated rings. The van der Waals surface area contributed by atoms with E-state index in [0.717, 1.165) is 0 Å². The van der Waals surface area contributed by atoms with E-state index in [0.29, 0.717) is 12.0 Å². The molecular formula is C13H22ClNO3. The van der Waals surface area contributed by atoms with Crippen LogP contribution in [0, 0.1) is 5.41 Å². The summed E-state index contributed by atoms with van der Waals surface area (Å²) in [6.07, 6.45) is -0.330. The van der Waals surface area contributed by atoms with Gasteiger partial charge in [0.15, 0.2) is 11.5 Å². The smallest absolute Gasteiger partial charge is 0.157 e. The molecule has 4 nitrogen and oxygen atoms in total. The Balaban J connectivity index is 0.00000289. The van der Waals surface area contributed by atoms with Crippen molar-refractivity contribution in [2.75, 3.05) is 0 Å². The molecule has 0 aliphatic carbocycles. The van der Waals surface area contributed by atoms with Gasteiger partial charge in [-0.05, 0) is 29.5 Å². The second-order valence-corrected chi connectivity index (χ2v) is 5.47. The van der Waals surface area contributed by atoms with Crippen LogP contribution >= 0.6 is 12.4 Å². The topological polar surface area (TPSA) is 86.7 Å². The molecule has 0 bridgehead atoms. The molecule has 0 spiro atoms. The first kappa shape index (κ1) is 17.0. The highest BCUT2D eigenvalue weighted by molar-refractivity contribution is 5.85. The molecule has 1 aromatic rings. The number of phenolic OH excluding ortho intramolecular Hbond substituents is 2. The average Bonchev–Trinajstić information content (AvgIpc) is 2.20. The quantitative estimate of drug-likeness (QED) is 0.638. The van der Waals surface area contributed by atoms with Crippen molar-refractivity contribution in [3.63, 3.8) is 0 Å². The number of halogens is 1. The van der Waals surface area contributed by atoms with E-state index < -0.39 is 6.10 Å². The monoisotopic (exact) mass is 275 g/mol. The second-order valence-electron chi connectivity index (χ2n) is 5.47. The molecule has 0 radical (unpaired) electrons. The minimum absolute atomic E-state index is 0. The van der Waals surface area contributed by atoms with Gasteiger partial charge in [0.1, 0.15) is 0 Å². The fraction of sp³-hybridized carbons (Fsp3) is 0.538. The van der Waals surface area contributed by atoms with E-state index in [9.17, 15) is 15.3 Å². The summed E-state index contributed by atoms with van der Waals surface area (Å²) in [5, 5.41) is 28.5. The van der Waals surface area contributed by atoms with Gasteiger partial charge in [0.05, 0.1) is 6.10 Å². The molecule has 0 aliphatic rings. The highest BCUT2D eigenvalue weighted by atomic mass is 35.5. The van der Waals surface area contributed by atoms with Crippen molar-refractivity contribution in [2.24, 2.45) is 11.1 Å². The first-order valence-corrected chi connectivity index (χ1v) is 5.67. The summed E-state index contributed by atoms with van der Waals surface area (Å²) in [7, 11) is 0. The zero-order chi connectivity index (χ0) is 13.2. The molecule has 0 saturated carbocycles. The van der Waals surface area contributed by atoms with Gasteiger partial charge in [-0.3, -0.25) is 0 Å².